The van der Waals surface area contributed by atoms with Gasteiger partial charge in [-0.25, -0.2) is 9.97 Å². The summed E-state index contributed by atoms with van der Waals surface area (Å²) >= 11 is 0. The Kier molecular flexibility index (Phi) is 6.44. The molecule has 0 bridgehead atoms. The topological polar surface area (TPSA) is 107 Å². The molecule has 7 rings (SSSR count). The van der Waals surface area contributed by atoms with Crippen LogP contribution in [0, 0.1) is 0 Å². The summed E-state index contributed by atoms with van der Waals surface area (Å²) in [5.41, 5.74) is 2.94. The van der Waals surface area contributed by atoms with E-state index in [1.54, 1.807) is 0 Å². The number of fused-ring (bicyclic) bond motifs is 3. The molecule has 3 saturated heterocycles. The van der Waals surface area contributed by atoms with Gasteiger partial charge in [-0.15, -0.1) is 0 Å². The van der Waals surface area contributed by atoms with Crippen molar-refractivity contribution in [2.24, 2.45) is 7.05 Å². The summed E-state index contributed by atoms with van der Waals surface area (Å²) in [7, 11) is 2.04. The SMILES string of the molecule is CCc1nc2ccccc2n1-c1nc(N2CCOCC2)c2nc(CN3CCN4C(COC(=O)C4(C)C)C3)n(C)c2n1. The van der Waals surface area contributed by atoms with Crippen LogP contribution in [0.4, 0.5) is 5.82 Å². The van der Waals surface area contributed by atoms with Crippen LogP contribution >= 0.6 is 0 Å². The third kappa shape index (κ3) is 4.36. The Morgan fingerprint density at radius 3 is 2.61 bits per heavy atom. The maximum atomic E-state index is 12.4. The lowest BCUT2D eigenvalue weighted by molar-refractivity contribution is -0.177. The summed E-state index contributed by atoms with van der Waals surface area (Å²) < 4.78 is 15.4. The van der Waals surface area contributed by atoms with E-state index in [4.69, 9.17) is 29.4 Å². The molecule has 1 aromatic carbocycles. The van der Waals surface area contributed by atoms with Crippen molar-refractivity contribution in [2.45, 2.75) is 45.3 Å². The molecule has 0 N–H and O–H groups in total. The number of ether oxygens (including phenoxy) is 2. The number of hydrogen-bond donors (Lipinski definition) is 0. The summed E-state index contributed by atoms with van der Waals surface area (Å²) in [6, 6.07) is 8.30. The molecular weight excluding hydrogens is 522 g/mol. The summed E-state index contributed by atoms with van der Waals surface area (Å²) in [5.74, 6) is 3.17. The summed E-state index contributed by atoms with van der Waals surface area (Å²) in [4.78, 5) is 39.6. The van der Waals surface area contributed by atoms with Crippen LogP contribution in [0.15, 0.2) is 24.3 Å². The molecule has 0 amide bonds. The van der Waals surface area contributed by atoms with E-state index in [1.807, 2.05) is 39.1 Å². The lowest BCUT2D eigenvalue weighted by Gasteiger charge is -2.50. The molecule has 3 fully saturated rings. The molecule has 0 spiro atoms. The first kappa shape index (κ1) is 26.3. The van der Waals surface area contributed by atoms with Gasteiger partial charge in [0, 0.05) is 46.2 Å². The molecule has 3 aliphatic rings. The highest BCUT2D eigenvalue weighted by molar-refractivity contribution is 5.86. The van der Waals surface area contributed by atoms with Gasteiger partial charge in [-0.1, -0.05) is 19.1 Å². The van der Waals surface area contributed by atoms with Crippen LogP contribution in [0.25, 0.3) is 28.1 Å². The van der Waals surface area contributed by atoms with Crippen molar-refractivity contribution in [1.29, 1.82) is 0 Å². The highest BCUT2D eigenvalue weighted by Gasteiger charge is 2.46. The van der Waals surface area contributed by atoms with Crippen molar-refractivity contribution >= 4 is 34.0 Å². The van der Waals surface area contributed by atoms with Crippen LogP contribution in [0.5, 0.6) is 0 Å². The van der Waals surface area contributed by atoms with Crippen molar-refractivity contribution in [1.82, 2.24) is 38.9 Å². The van der Waals surface area contributed by atoms with E-state index < -0.39 is 5.54 Å². The number of carbonyl (C=O) groups is 1. The van der Waals surface area contributed by atoms with Crippen LogP contribution in [-0.2, 0) is 34.3 Å². The molecule has 1 unspecified atom stereocenters. The average Bonchev–Trinajstić information content (AvgIpc) is 3.52. The van der Waals surface area contributed by atoms with E-state index in [9.17, 15) is 4.79 Å². The van der Waals surface area contributed by atoms with Crippen molar-refractivity contribution in [3.8, 4) is 5.95 Å². The number of nitrogens with zero attached hydrogens (tertiary/aromatic N) is 9. The van der Waals surface area contributed by atoms with E-state index in [0.29, 0.717) is 32.3 Å². The molecule has 0 saturated carbocycles. The molecule has 1 atom stereocenters. The van der Waals surface area contributed by atoms with Gasteiger partial charge in [0.05, 0.1) is 36.8 Å². The van der Waals surface area contributed by atoms with Gasteiger partial charge in [0.15, 0.2) is 17.0 Å². The number of aromatic nitrogens is 6. The van der Waals surface area contributed by atoms with E-state index in [-0.39, 0.29) is 12.0 Å². The molecule has 12 nitrogen and oxygen atoms in total. The first-order chi connectivity index (χ1) is 19.8. The number of hydrogen-bond acceptors (Lipinski definition) is 10. The highest BCUT2D eigenvalue weighted by atomic mass is 16.5. The molecule has 3 aliphatic heterocycles. The van der Waals surface area contributed by atoms with Gasteiger partial charge in [0.1, 0.15) is 23.8 Å². The maximum absolute atomic E-state index is 12.4. The number of anilines is 1. The normalized spacial score (nSPS) is 21.9. The first-order valence-corrected chi connectivity index (χ1v) is 14.5. The number of imidazole rings is 2. The minimum absolute atomic E-state index is 0.139. The van der Waals surface area contributed by atoms with Crippen molar-refractivity contribution in [2.75, 3.05) is 57.4 Å². The Morgan fingerprint density at radius 2 is 1.80 bits per heavy atom. The van der Waals surface area contributed by atoms with Gasteiger partial charge in [0.2, 0.25) is 5.95 Å². The molecule has 3 aromatic heterocycles. The van der Waals surface area contributed by atoms with E-state index >= 15 is 0 Å². The van der Waals surface area contributed by atoms with Gasteiger partial charge in [0.25, 0.3) is 0 Å². The van der Waals surface area contributed by atoms with Crippen molar-refractivity contribution in [3.63, 3.8) is 0 Å². The number of benzene rings is 1. The van der Waals surface area contributed by atoms with Crippen molar-refractivity contribution < 1.29 is 14.3 Å². The van der Waals surface area contributed by atoms with E-state index in [1.165, 1.54) is 0 Å². The Hall–Kier alpha value is -3.61. The van der Waals surface area contributed by atoms with Crippen LogP contribution < -0.4 is 4.90 Å². The zero-order valence-corrected chi connectivity index (χ0v) is 24.2. The lowest BCUT2D eigenvalue weighted by atomic mass is 9.96. The van der Waals surface area contributed by atoms with Crippen molar-refractivity contribution in [3.05, 3.63) is 35.9 Å². The summed E-state index contributed by atoms with van der Waals surface area (Å²) in [6.45, 7) is 12.4. The lowest BCUT2D eigenvalue weighted by Crippen LogP contribution is -2.67. The third-order valence-corrected chi connectivity index (χ3v) is 8.79. The molecule has 41 heavy (non-hydrogen) atoms. The average molecular weight is 560 g/mol. The summed E-state index contributed by atoms with van der Waals surface area (Å²) in [6.07, 6.45) is 0.763. The van der Waals surface area contributed by atoms with Gasteiger partial charge >= 0.3 is 5.97 Å². The highest BCUT2D eigenvalue weighted by Crippen LogP contribution is 2.31. The molecule has 216 valence electrons. The standard InChI is InChI=1S/C29H37N9O3/c1-5-22-30-20-8-6-7-9-21(20)38(22)28-32-25-24(26(33-28)36-12-14-40-15-13-36)31-23(34(25)4)17-35-10-11-37-19(16-35)18-41-27(39)29(37,2)3/h6-9,19H,5,10-18H2,1-4H3. The fourth-order valence-corrected chi connectivity index (χ4v) is 6.46. The molecule has 6 heterocycles. The molecule has 0 radical (unpaired) electrons. The molecule has 0 aliphatic carbocycles. The van der Waals surface area contributed by atoms with Crippen LogP contribution in [0.2, 0.25) is 0 Å². The Balaban J connectivity index is 1.28. The quantitative estimate of drug-likeness (QED) is 0.337. The maximum Gasteiger partial charge on any atom is 0.326 e. The van der Waals surface area contributed by atoms with Crippen LogP contribution in [0.1, 0.15) is 32.4 Å². The summed E-state index contributed by atoms with van der Waals surface area (Å²) in [5, 5.41) is 0. The molecule has 4 aromatic rings. The van der Waals surface area contributed by atoms with Gasteiger partial charge in [-0.2, -0.15) is 9.97 Å². The first-order valence-electron chi connectivity index (χ1n) is 14.5. The minimum Gasteiger partial charge on any atom is -0.463 e. The predicted molar refractivity (Wildman–Crippen MR) is 154 cm³/mol. The van der Waals surface area contributed by atoms with Crippen LogP contribution in [0.3, 0.4) is 0 Å². The third-order valence-electron chi connectivity index (χ3n) is 8.79. The monoisotopic (exact) mass is 559 g/mol. The minimum atomic E-state index is -0.596. The van der Waals surface area contributed by atoms with Gasteiger partial charge in [-0.3, -0.25) is 19.2 Å². The fourth-order valence-electron chi connectivity index (χ4n) is 6.46. The Bertz CT molecular complexity index is 1620. The van der Waals surface area contributed by atoms with E-state index in [2.05, 4.69) is 36.8 Å². The zero-order valence-electron chi connectivity index (χ0n) is 24.2. The molecule has 12 heteroatoms. The largest absolute Gasteiger partial charge is 0.463 e. The fraction of sp³-hybridized carbons (Fsp3) is 0.552. The van der Waals surface area contributed by atoms with E-state index in [0.717, 1.165) is 78.8 Å². The zero-order chi connectivity index (χ0) is 28.3. The number of cyclic esters (lactones) is 1. The Morgan fingerprint density at radius 1 is 1.00 bits per heavy atom. The van der Waals surface area contributed by atoms with Gasteiger partial charge < -0.3 is 18.9 Å². The number of morpholine rings is 2. The van der Waals surface area contributed by atoms with Crippen LogP contribution in [-0.4, -0.2) is 109 Å². The molecular formula is C29H37N9O3. The second-order valence-electron chi connectivity index (χ2n) is 11.7. The Labute approximate surface area is 238 Å². The number of rotatable bonds is 5. The number of aryl methyl sites for hydroxylation is 2. The second-order valence-corrected chi connectivity index (χ2v) is 11.7. The predicted octanol–water partition coefficient (Wildman–Crippen LogP) is 1.92. The number of carbonyl (C=O) groups excluding carboxylic acids is 1. The number of para-hydroxylation sites is 2. The van der Waals surface area contributed by atoms with Gasteiger partial charge in [-0.05, 0) is 26.0 Å². The smallest absolute Gasteiger partial charge is 0.326 e. The number of piperazine rings is 1. The number of esters is 1. The second kappa shape index (κ2) is 10.0.